The molecule has 0 aliphatic rings. The van der Waals surface area contributed by atoms with E-state index in [1.807, 2.05) is 17.5 Å². The normalized spacial score (nSPS) is 10.6. The second-order valence-electron chi connectivity index (χ2n) is 4.75. The van der Waals surface area contributed by atoms with Crippen LogP contribution in [0.4, 0.5) is 5.13 Å². The van der Waals surface area contributed by atoms with Gasteiger partial charge in [0.05, 0.1) is 11.9 Å². The molecule has 122 valence electrons. The number of pyridine rings is 1. The van der Waals surface area contributed by atoms with Crippen LogP contribution in [0.1, 0.15) is 10.7 Å². The molecule has 0 aromatic carbocycles. The Balaban J connectivity index is 1.50. The second-order valence-corrected chi connectivity index (χ2v) is 5.61. The van der Waals surface area contributed by atoms with Crippen LogP contribution >= 0.6 is 11.3 Å². The zero-order valence-corrected chi connectivity index (χ0v) is 13.3. The molecule has 4 rings (SSSR count). The van der Waals surface area contributed by atoms with E-state index < -0.39 is 5.91 Å². The third-order valence-electron chi connectivity index (χ3n) is 3.09. The van der Waals surface area contributed by atoms with Crippen LogP contribution in [0.15, 0.2) is 53.0 Å². The fraction of sp³-hybridized carbons (Fsp3) is 0. The quantitative estimate of drug-likeness (QED) is 0.595. The number of aromatic nitrogens is 6. The van der Waals surface area contributed by atoms with Crippen molar-refractivity contribution in [2.45, 2.75) is 0 Å². The predicted molar refractivity (Wildman–Crippen MR) is 88.6 cm³/mol. The molecule has 0 saturated carbocycles. The highest BCUT2D eigenvalue weighted by Gasteiger charge is 2.18. The Morgan fingerprint density at radius 3 is 2.80 bits per heavy atom. The molecule has 0 atom stereocenters. The van der Waals surface area contributed by atoms with Crippen molar-refractivity contribution >= 4 is 22.4 Å². The fourth-order valence-electron chi connectivity index (χ4n) is 1.96. The Hall–Kier alpha value is -3.53. The molecule has 9 nitrogen and oxygen atoms in total. The lowest BCUT2D eigenvalue weighted by Crippen LogP contribution is -2.12. The second kappa shape index (κ2) is 6.53. The minimum absolute atomic E-state index is 0.182. The van der Waals surface area contributed by atoms with Gasteiger partial charge in [-0.15, -0.1) is 11.3 Å². The van der Waals surface area contributed by atoms with Gasteiger partial charge in [-0.25, -0.2) is 9.97 Å². The van der Waals surface area contributed by atoms with Crippen molar-refractivity contribution < 1.29 is 9.32 Å². The van der Waals surface area contributed by atoms with E-state index in [1.165, 1.54) is 29.9 Å². The van der Waals surface area contributed by atoms with Crippen LogP contribution in [-0.2, 0) is 0 Å². The molecule has 0 spiro atoms. The van der Waals surface area contributed by atoms with Gasteiger partial charge in [0.15, 0.2) is 5.13 Å². The summed E-state index contributed by atoms with van der Waals surface area (Å²) >= 11 is 1.29. The topological polar surface area (TPSA) is 120 Å². The molecule has 0 fully saturated rings. The molecule has 1 N–H and O–H groups in total. The summed E-state index contributed by atoms with van der Waals surface area (Å²) in [7, 11) is 0. The van der Waals surface area contributed by atoms with Crippen LogP contribution in [0.25, 0.3) is 22.8 Å². The van der Waals surface area contributed by atoms with Crippen LogP contribution < -0.4 is 5.32 Å². The summed E-state index contributed by atoms with van der Waals surface area (Å²) in [5, 5.41) is 8.60. The van der Waals surface area contributed by atoms with E-state index in [1.54, 1.807) is 12.4 Å². The number of carbonyl (C=O) groups excluding carboxylic acids is 1. The number of hydrogen-bond donors (Lipinski definition) is 1. The van der Waals surface area contributed by atoms with E-state index in [4.69, 9.17) is 4.52 Å². The van der Waals surface area contributed by atoms with Crippen molar-refractivity contribution in [3.63, 3.8) is 0 Å². The van der Waals surface area contributed by atoms with Gasteiger partial charge in [0.2, 0.25) is 5.82 Å². The van der Waals surface area contributed by atoms with E-state index in [0.717, 1.165) is 11.3 Å². The molecule has 0 unspecified atom stereocenters. The monoisotopic (exact) mass is 351 g/mol. The van der Waals surface area contributed by atoms with Crippen LogP contribution in [0.2, 0.25) is 0 Å². The molecular weight excluding hydrogens is 342 g/mol. The van der Waals surface area contributed by atoms with Crippen molar-refractivity contribution in [3.8, 4) is 22.8 Å². The lowest BCUT2D eigenvalue weighted by atomic mass is 10.2. The molecule has 4 heterocycles. The summed E-state index contributed by atoms with van der Waals surface area (Å²) < 4.78 is 4.97. The zero-order chi connectivity index (χ0) is 17.1. The molecule has 0 aliphatic carbocycles. The molecule has 0 radical (unpaired) electrons. The molecule has 4 aromatic rings. The van der Waals surface area contributed by atoms with E-state index >= 15 is 0 Å². The third kappa shape index (κ3) is 3.23. The molecule has 4 aromatic heterocycles. The minimum atomic E-state index is -0.547. The maximum Gasteiger partial charge on any atom is 0.316 e. The molecule has 0 aliphatic heterocycles. The minimum Gasteiger partial charge on any atom is -0.328 e. The van der Waals surface area contributed by atoms with E-state index in [9.17, 15) is 4.79 Å². The molecule has 10 heteroatoms. The highest BCUT2D eigenvalue weighted by Crippen LogP contribution is 2.24. The molecular formula is C15H9N7O2S. The Bertz CT molecular complexity index is 1000. The third-order valence-corrected chi connectivity index (χ3v) is 3.85. The first-order chi connectivity index (χ1) is 12.3. The number of thiazole rings is 1. The highest BCUT2D eigenvalue weighted by atomic mass is 32.1. The van der Waals surface area contributed by atoms with E-state index in [-0.39, 0.29) is 11.7 Å². The van der Waals surface area contributed by atoms with Gasteiger partial charge in [-0.05, 0) is 12.1 Å². The first kappa shape index (κ1) is 15.0. The van der Waals surface area contributed by atoms with Gasteiger partial charge in [0, 0.05) is 35.7 Å². The summed E-state index contributed by atoms with van der Waals surface area (Å²) in [6.45, 7) is 0. The lowest BCUT2D eigenvalue weighted by molar-refractivity contribution is 0.0981. The van der Waals surface area contributed by atoms with Crippen molar-refractivity contribution in [2.24, 2.45) is 0 Å². The van der Waals surface area contributed by atoms with Gasteiger partial charge in [0.1, 0.15) is 5.69 Å². The Labute approximate surface area is 144 Å². The first-order valence-electron chi connectivity index (χ1n) is 7.07. The number of hydrogen-bond acceptors (Lipinski definition) is 9. The Kier molecular flexibility index (Phi) is 3.92. The lowest BCUT2D eigenvalue weighted by Gasteiger charge is -1.96. The number of nitrogens with zero attached hydrogens (tertiary/aromatic N) is 6. The average Bonchev–Trinajstić information content (AvgIpc) is 3.33. The van der Waals surface area contributed by atoms with E-state index in [2.05, 4.69) is 35.4 Å². The maximum atomic E-state index is 12.2. The van der Waals surface area contributed by atoms with Crippen LogP contribution in [0.3, 0.4) is 0 Å². The summed E-state index contributed by atoms with van der Waals surface area (Å²) in [5.41, 5.74) is 2.00. The number of nitrogens with one attached hydrogen (secondary N) is 1. The van der Waals surface area contributed by atoms with Crippen molar-refractivity contribution in [3.05, 3.63) is 54.4 Å². The molecule has 0 saturated heterocycles. The largest absolute Gasteiger partial charge is 0.328 e. The smallest absolute Gasteiger partial charge is 0.316 e. The fourth-order valence-corrected chi connectivity index (χ4v) is 2.68. The Morgan fingerprint density at radius 2 is 2.00 bits per heavy atom. The maximum absolute atomic E-state index is 12.2. The number of rotatable bonds is 4. The zero-order valence-electron chi connectivity index (χ0n) is 12.5. The van der Waals surface area contributed by atoms with Gasteiger partial charge in [-0.3, -0.25) is 20.1 Å². The van der Waals surface area contributed by atoms with Crippen molar-refractivity contribution in [2.75, 3.05) is 5.32 Å². The standard InChI is InChI=1S/C15H9N7O2S/c23-13(14-20-12(22-24-14)10-7-17-4-5-18-10)21-15-19-11(8-25-15)9-2-1-3-16-6-9/h1-8H,(H,19,21,23). The number of anilines is 1. The Morgan fingerprint density at radius 1 is 1.08 bits per heavy atom. The highest BCUT2D eigenvalue weighted by molar-refractivity contribution is 7.14. The molecule has 1 amide bonds. The van der Waals surface area contributed by atoms with Crippen molar-refractivity contribution in [1.82, 2.24) is 30.1 Å². The van der Waals surface area contributed by atoms with Gasteiger partial charge < -0.3 is 4.52 Å². The number of carbonyl (C=O) groups is 1. The van der Waals surface area contributed by atoms with Gasteiger partial charge in [-0.2, -0.15) is 4.98 Å². The summed E-state index contributed by atoms with van der Waals surface area (Å²) in [6.07, 6.45) is 7.89. The predicted octanol–water partition coefficient (Wildman–Crippen LogP) is 2.30. The number of amides is 1. The van der Waals surface area contributed by atoms with Crippen molar-refractivity contribution in [1.29, 1.82) is 0 Å². The average molecular weight is 351 g/mol. The summed E-state index contributed by atoms with van der Waals surface area (Å²) in [6, 6.07) is 3.71. The molecule has 25 heavy (non-hydrogen) atoms. The summed E-state index contributed by atoms with van der Waals surface area (Å²) in [4.78, 5) is 32.6. The first-order valence-corrected chi connectivity index (χ1v) is 7.95. The SMILES string of the molecule is O=C(Nc1nc(-c2cccnc2)cs1)c1nc(-c2cnccn2)no1. The summed E-state index contributed by atoms with van der Waals surface area (Å²) in [5.74, 6) is -0.540. The van der Waals surface area contributed by atoms with Gasteiger partial charge >= 0.3 is 11.8 Å². The van der Waals surface area contributed by atoms with Crippen LogP contribution in [0.5, 0.6) is 0 Å². The van der Waals surface area contributed by atoms with E-state index in [0.29, 0.717) is 10.8 Å². The van der Waals surface area contributed by atoms with Crippen LogP contribution in [-0.4, -0.2) is 36.0 Å². The van der Waals surface area contributed by atoms with Gasteiger partial charge in [0.25, 0.3) is 0 Å². The van der Waals surface area contributed by atoms with Gasteiger partial charge in [-0.1, -0.05) is 5.16 Å². The molecule has 0 bridgehead atoms. The van der Waals surface area contributed by atoms with Crippen LogP contribution in [0, 0.1) is 0 Å².